The molecular weight excluding hydrogens is 169 g/mol. The summed E-state index contributed by atoms with van der Waals surface area (Å²) in [5.41, 5.74) is 5.88. The summed E-state index contributed by atoms with van der Waals surface area (Å²) in [6, 6.07) is 5.74. The fourth-order valence-corrected chi connectivity index (χ4v) is 1.17. The largest absolute Gasteiger partial charge is 0.387 e. The highest BCUT2D eigenvalue weighted by Gasteiger charge is 2.17. The molecule has 0 spiro atoms. The van der Waals surface area contributed by atoms with Gasteiger partial charge in [0.25, 0.3) is 0 Å². The van der Waals surface area contributed by atoms with Crippen LogP contribution in [0.2, 0.25) is 0 Å². The summed E-state index contributed by atoms with van der Waals surface area (Å²) in [4.78, 5) is 0. The first-order chi connectivity index (χ1) is 6.16. The number of benzene rings is 1. The molecule has 0 amide bonds. The van der Waals surface area contributed by atoms with Crippen LogP contribution in [0.1, 0.15) is 25.0 Å². The molecule has 13 heavy (non-hydrogen) atoms. The zero-order chi connectivity index (χ0) is 9.84. The van der Waals surface area contributed by atoms with E-state index >= 15 is 0 Å². The summed E-state index contributed by atoms with van der Waals surface area (Å²) in [6.45, 7) is 1.86. The monoisotopic (exact) mass is 183 g/mol. The van der Waals surface area contributed by atoms with Gasteiger partial charge in [0, 0.05) is 11.6 Å². The van der Waals surface area contributed by atoms with Gasteiger partial charge in [0.2, 0.25) is 0 Å². The van der Waals surface area contributed by atoms with Crippen LogP contribution in [0.5, 0.6) is 0 Å². The van der Waals surface area contributed by atoms with Gasteiger partial charge in [0.05, 0.1) is 6.10 Å². The standard InChI is InChI=1S/C10H14FNO/c1-2-9(12)10(13)7-5-3-4-6-8(7)11/h3-6,9-10,13H,2,12H2,1H3/t9-,10-/m1/s1. The van der Waals surface area contributed by atoms with Gasteiger partial charge in [-0.2, -0.15) is 0 Å². The smallest absolute Gasteiger partial charge is 0.129 e. The molecule has 2 nitrogen and oxygen atoms in total. The first-order valence-electron chi connectivity index (χ1n) is 4.35. The SMILES string of the molecule is CC[C@@H](N)[C@H](O)c1ccccc1F. The van der Waals surface area contributed by atoms with Crippen LogP contribution in [0.15, 0.2) is 24.3 Å². The molecule has 1 aromatic rings. The normalized spacial score (nSPS) is 15.4. The molecule has 3 heteroatoms. The van der Waals surface area contributed by atoms with E-state index < -0.39 is 18.0 Å². The Balaban J connectivity index is 2.88. The maximum Gasteiger partial charge on any atom is 0.129 e. The van der Waals surface area contributed by atoms with Crippen molar-refractivity contribution in [2.24, 2.45) is 5.73 Å². The summed E-state index contributed by atoms with van der Waals surface area (Å²) in [5, 5.41) is 9.60. The zero-order valence-corrected chi connectivity index (χ0v) is 7.57. The van der Waals surface area contributed by atoms with Gasteiger partial charge in [0.15, 0.2) is 0 Å². The predicted octanol–water partition coefficient (Wildman–Crippen LogP) is 1.60. The van der Waals surface area contributed by atoms with Crippen molar-refractivity contribution in [2.45, 2.75) is 25.5 Å². The van der Waals surface area contributed by atoms with E-state index in [4.69, 9.17) is 5.73 Å². The average Bonchev–Trinajstić information content (AvgIpc) is 2.16. The molecule has 0 aliphatic heterocycles. The highest BCUT2D eigenvalue weighted by atomic mass is 19.1. The molecule has 3 N–H and O–H groups in total. The molecule has 0 heterocycles. The minimum atomic E-state index is -0.911. The Labute approximate surface area is 77.2 Å². The van der Waals surface area contributed by atoms with Crippen LogP contribution in [-0.2, 0) is 0 Å². The molecule has 0 radical (unpaired) electrons. The minimum absolute atomic E-state index is 0.275. The van der Waals surface area contributed by atoms with Crippen LogP contribution in [0.25, 0.3) is 0 Å². The molecule has 0 saturated heterocycles. The van der Waals surface area contributed by atoms with Crippen molar-refractivity contribution in [3.63, 3.8) is 0 Å². The van der Waals surface area contributed by atoms with Crippen molar-refractivity contribution in [3.05, 3.63) is 35.6 Å². The van der Waals surface area contributed by atoms with Crippen LogP contribution in [0.3, 0.4) is 0 Å². The molecule has 0 aliphatic carbocycles. The van der Waals surface area contributed by atoms with E-state index in [0.29, 0.717) is 6.42 Å². The second kappa shape index (κ2) is 4.35. The van der Waals surface area contributed by atoms with E-state index in [0.717, 1.165) is 0 Å². The van der Waals surface area contributed by atoms with Gasteiger partial charge < -0.3 is 10.8 Å². The number of hydrogen-bond donors (Lipinski definition) is 2. The molecule has 1 rings (SSSR count). The lowest BCUT2D eigenvalue weighted by Gasteiger charge is -2.17. The highest BCUT2D eigenvalue weighted by molar-refractivity contribution is 5.20. The van der Waals surface area contributed by atoms with E-state index in [-0.39, 0.29) is 5.56 Å². The third-order valence-electron chi connectivity index (χ3n) is 2.10. The maximum atomic E-state index is 13.1. The Morgan fingerprint density at radius 2 is 2.08 bits per heavy atom. The lowest BCUT2D eigenvalue weighted by molar-refractivity contribution is 0.140. The summed E-state index contributed by atoms with van der Waals surface area (Å²) < 4.78 is 13.1. The summed E-state index contributed by atoms with van der Waals surface area (Å²) in [5.74, 6) is -0.404. The zero-order valence-electron chi connectivity index (χ0n) is 7.57. The van der Waals surface area contributed by atoms with Crippen LogP contribution >= 0.6 is 0 Å². The second-order valence-corrected chi connectivity index (χ2v) is 3.04. The first-order valence-corrected chi connectivity index (χ1v) is 4.35. The van der Waals surface area contributed by atoms with Gasteiger partial charge in [-0.25, -0.2) is 4.39 Å². The first kappa shape index (κ1) is 10.2. The maximum absolute atomic E-state index is 13.1. The number of nitrogens with two attached hydrogens (primary N) is 1. The molecule has 1 aromatic carbocycles. The number of hydrogen-bond acceptors (Lipinski definition) is 2. The topological polar surface area (TPSA) is 46.2 Å². The van der Waals surface area contributed by atoms with E-state index in [9.17, 15) is 9.50 Å². The molecule has 0 aromatic heterocycles. The third-order valence-corrected chi connectivity index (χ3v) is 2.10. The van der Waals surface area contributed by atoms with Crippen molar-refractivity contribution in [1.82, 2.24) is 0 Å². The van der Waals surface area contributed by atoms with Crippen molar-refractivity contribution in [2.75, 3.05) is 0 Å². The number of aliphatic hydroxyl groups is 1. The van der Waals surface area contributed by atoms with Crippen molar-refractivity contribution in [3.8, 4) is 0 Å². The Morgan fingerprint density at radius 3 is 2.62 bits per heavy atom. The second-order valence-electron chi connectivity index (χ2n) is 3.04. The molecule has 2 atom stereocenters. The van der Waals surface area contributed by atoms with Gasteiger partial charge >= 0.3 is 0 Å². The van der Waals surface area contributed by atoms with Gasteiger partial charge in [-0.1, -0.05) is 25.1 Å². The molecule has 0 saturated carbocycles. The molecule has 0 fully saturated rings. The van der Waals surface area contributed by atoms with E-state index in [1.807, 2.05) is 6.92 Å². The number of rotatable bonds is 3. The van der Waals surface area contributed by atoms with Gasteiger partial charge in [0.1, 0.15) is 5.82 Å². The van der Waals surface area contributed by atoms with Crippen LogP contribution < -0.4 is 5.73 Å². The van der Waals surface area contributed by atoms with E-state index in [1.165, 1.54) is 6.07 Å². The highest BCUT2D eigenvalue weighted by Crippen LogP contribution is 2.19. The lowest BCUT2D eigenvalue weighted by atomic mass is 10.0. The Morgan fingerprint density at radius 1 is 1.46 bits per heavy atom. The minimum Gasteiger partial charge on any atom is -0.387 e. The average molecular weight is 183 g/mol. The lowest BCUT2D eigenvalue weighted by Crippen LogP contribution is -2.27. The van der Waals surface area contributed by atoms with Gasteiger partial charge in [-0.15, -0.1) is 0 Å². The van der Waals surface area contributed by atoms with E-state index in [2.05, 4.69) is 0 Å². The van der Waals surface area contributed by atoms with Gasteiger partial charge in [-0.3, -0.25) is 0 Å². The number of aliphatic hydroxyl groups excluding tert-OH is 1. The molecule has 72 valence electrons. The van der Waals surface area contributed by atoms with Crippen LogP contribution in [0, 0.1) is 5.82 Å². The molecule has 0 aliphatic rings. The number of halogens is 1. The Kier molecular flexibility index (Phi) is 3.39. The van der Waals surface area contributed by atoms with E-state index in [1.54, 1.807) is 18.2 Å². The van der Waals surface area contributed by atoms with Crippen molar-refractivity contribution >= 4 is 0 Å². The third kappa shape index (κ3) is 2.26. The molecule has 0 unspecified atom stereocenters. The fourth-order valence-electron chi connectivity index (χ4n) is 1.17. The Bertz CT molecular complexity index is 277. The van der Waals surface area contributed by atoms with Crippen LogP contribution in [-0.4, -0.2) is 11.1 Å². The van der Waals surface area contributed by atoms with Crippen LogP contribution in [0.4, 0.5) is 4.39 Å². The summed E-state index contributed by atoms with van der Waals surface area (Å²) in [6.07, 6.45) is -0.290. The molecular formula is C10H14FNO. The van der Waals surface area contributed by atoms with Crippen molar-refractivity contribution < 1.29 is 9.50 Å². The predicted molar refractivity (Wildman–Crippen MR) is 49.6 cm³/mol. The summed E-state index contributed by atoms with van der Waals surface area (Å²) >= 11 is 0. The quantitative estimate of drug-likeness (QED) is 0.747. The fraction of sp³-hybridized carbons (Fsp3) is 0.400. The summed E-state index contributed by atoms with van der Waals surface area (Å²) in [7, 11) is 0. The van der Waals surface area contributed by atoms with Gasteiger partial charge in [-0.05, 0) is 12.5 Å². The molecule has 0 bridgehead atoms. The Hall–Kier alpha value is -0.930. The van der Waals surface area contributed by atoms with Crippen molar-refractivity contribution in [1.29, 1.82) is 0 Å².